The van der Waals surface area contributed by atoms with Gasteiger partial charge in [0.15, 0.2) is 5.15 Å². The molecule has 2 aromatic heterocycles. The van der Waals surface area contributed by atoms with Crippen molar-refractivity contribution in [3.8, 4) is 22.9 Å². The lowest BCUT2D eigenvalue weighted by atomic mass is 10.0. The number of nitrogens with one attached hydrogen (secondary N) is 1. The molecule has 0 saturated carbocycles. The normalized spacial score (nSPS) is 11.1. The summed E-state index contributed by atoms with van der Waals surface area (Å²) in [5, 5.41) is 24.5. The summed E-state index contributed by atoms with van der Waals surface area (Å²) in [4.78, 5) is 12.3. The Balaban J connectivity index is 1.84. The molecule has 0 unspecified atom stereocenters. The molecule has 3 aromatic rings. The van der Waals surface area contributed by atoms with Crippen molar-refractivity contribution in [1.82, 2.24) is 25.3 Å². The fraction of sp³-hybridized carbons (Fsp3) is 0.286. The van der Waals surface area contributed by atoms with E-state index in [1.807, 2.05) is 27.0 Å². The van der Waals surface area contributed by atoms with Gasteiger partial charge in [-0.3, -0.25) is 0 Å². The first kappa shape index (κ1) is 22.6. The van der Waals surface area contributed by atoms with Crippen LogP contribution in [0.15, 0.2) is 41.7 Å². The van der Waals surface area contributed by atoms with Crippen LogP contribution in [-0.2, 0) is 11.2 Å². The molecule has 0 spiro atoms. The van der Waals surface area contributed by atoms with Gasteiger partial charge in [-0.05, 0) is 51.0 Å². The summed E-state index contributed by atoms with van der Waals surface area (Å²) >= 11 is 10.6. The van der Waals surface area contributed by atoms with E-state index >= 15 is 0 Å². The van der Waals surface area contributed by atoms with Gasteiger partial charge < -0.3 is 10.1 Å². The maximum atomic E-state index is 11.8. The van der Waals surface area contributed by atoms with E-state index in [0.29, 0.717) is 40.2 Å². The zero-order chi connectivity index (χ0) is 22.6. The van der Waals surface area contributed by atoms with Crippen molar-refractivity contribution >= 4 is 30.3 Å². The summed E-state index contributed by atoms with van der Waals surface area (Å²) in [7, 11) is 0. The van der Waals surface area contributed by atoms with Crippen molar-refractivity contribution in [3.05, 3.63) is 53.1 Å². The zero-order valence-corrected chi connectivity index (χ0v) is 18.9. The van der Waals surface area contributed by atoms with Gasteiger partial charge in [-0.25, -0.2) is 9.48 Å². The topological polar surface area (TPSA) is 106 Å². The van der Waals surface area contributed by atoms with Crippen LogP contribution < -0.4 is 5.32 Å². The molecule has 3 rings (SSSR count). The first-order valence-electron chi connectivity index (χ1n) is 9.43. The Morgan fingerprint density at radius 2 is 2.13 bits per heavy atom. The number of thiol groups is 1. The lowest BCUT2D eigenvalue weighted by Gasteiger charge is -2.19. The Bertz CT molecular complexity index is 1150. The molecule has 0 fully saturated rings. The van der Waals surface area contributed by atoms with Gasteiger partial charge in [-0.15, -0.1) is 17.7 Å². The Hall–Kier alpha value is -3.09. The number of benzene rings is 1. The van der Waals surface area contributed by atoms with E-state index in [9.17, 15) is 10.1 Å². The monoisotopic (exact) mass is 456 g/mol. The summed E-state index contributed by atoms with van der Waals surface area (Å²) < 4.78 is 6.92. The zero-order valence-electron chi connectivity index (χ0n) is 17.3. The predicted molar refractivity (Wildman–Crippen MR) is 120 cm³/mol. The number of amides is 1. The number of nitrogens with zero attached hydrogens (tertiary/aromatic N) is 5. The minimum absolute atomic E-state index is 0.230. The third-order valence-corrected chi connectivity index (χ3v) is 4.80. The number of carbonyl (C=O) groups is 1. The van der Waals surface area contributed by atoms with Gasteiger partial charge in [0.1, 0.15) is 11.7 Å². The lowest BCUT2D eigenvalue weighted by molar-refractivity contribution is 0.0528. The largest absolute Gasteiger partial charge is 0.444 e. The molecule has 31 heavy (non-hydrogen) atoms. The highest BCUT2D eigenvalue weighted by Crippen LogP contribution is 2.35. The van der Waals surface area contributed by atoms with E-state index in [1.165, 1.54) is 0 Å². The number of hydrogen-bond acceptors (Lipinski definition) is 7. The fourth-order valence-electron chi connectivity index (χ4n) is 2.87. The van der Waals surface area contributed by atoms with Crippen LogP contribution in [0.5, 0.6) is 0 Å². The molecule has 2 heterocycles. The van der Waals surface area contributed by atoms with Crippen molar-refractivity contribution in [2.75, 3.05) is 6.54 Å². The first-order valence-corrected chi connectivity index (χ1v) is 10.3. The summed E-state index contributed by atoms with van der Waals surface area (Å²) in [6.07, 6.45) is 5.23. The number of hydrogen-bond donors (Lipinski definition) is 2. The molecule has 0 atom stereocenters. The number of alkyl carbamates (subject to hydrolysis) is 1. The minimum atomic E-state index is -0.545. The molecule has 8 nitrogen and oxygen atoms in total. The number of ether oxygens (including phenoxy) is 1. The van der Waals surface area contributed by atoms with Crippen LogP contribution in [0.1, 0.15) is 31.9 Å². The quantitative estimate of drug-likeness (QED) is 0.557. The minimum Gasteiger partial charge on any atom is -0.444 e. The number of rotatable bonds is 5. The molecule has 0 aliphatic heterocycles. The Kier molecular flexibility index (Phi) is 6.83. The van der Waals surface area contributed by atoms with Gasteiger partial charge in [0, 0.05) is 28.8 Å². The second kappa shape index (κ2) is 9.37. The van der Waals surface area contributed by atoms with Crippen LogP contribution in [-0.4, -0.2) is 38.2 Å². The second-order valence-electron chi connectivity index (χ2n) is 7.71. The van der Waals surface area contributed by atoms with Crippen LogP contribution in [0, 0.1) is 11.3 Å². The molecule has 0 radical (unpaired) electrons. The van der Waals surface area contributed by atoms with Gasteiger partial charge in [-0.2, -0.15) is 15.5 Å². The van der Waals surface area contributed by atoms with Crippen molar-refractivity contribution < 1.29 is 9.53 Å². The van der Waals surface area contributed by atoms with Crippen molar-refractivity contribution in [1.29, 1.82) is 5.26 Å². The molecule has 0 bridgehead atoms. The van der Waals surface area contributed by atoms with Crippen LogP contribution in [0.3, 0.4) is 0 Å². The van der Waals surface area contributed by atoms with Crippen LogP contribution in [0.2, 0.25) is 5.15 Å². The average molecular weight is 457 g/mol. The van der Waals surface area contributed by atoms with Crippen molar-refractivity contribution in [3.63, 3.8) is 0 Å². The molecule has 0 saturated heterocycles. The average Bonchev–Trinajstić information content (AvgIpc) is 3.15. The van der Waals surface area contributed by atoms with Crippen LogP contribution in [0.25, 0.3) is 16.8 Å². The van der Waals surface area contributed by atoms with Crippen molar-refractivity contribution in [2.24, 2.45) is 0 Å². The predicted octanol–water partition coefficient (Wildman–Crippen LogP) is 4.21. The third-order valence-electron chi connectivity index (χ3n) is 4.15. The van der Waals surface area contributed by atoms with E-state index in [-0.39, 0.29) is 5.15 Å². The number of aromatic nitrogens is 4. The highest BCUT2D eigenvalue weighted by Gasteiger charge is 2.17. The van der Waals surface area contributed by atoms with Gasteiger partial charge in [0.2, 0.25) is 0 Å². The fourth-order valence-corrected chi connectivity index (χ4v) is 3.40. The molecule has 10 heteroatoms. The van der Waals surface area contributed by atoms with Gasteiger partial charge in [0.25, 0.3) is 0 Å². The first-order chi connectivity index (χ1) is 14.7. The van der Waals surface area contributed by atoms with Crippen LogP contribution >= 0.6 is 24.2 Å². The van der Waals surface area contributed by atoms with Crippen LogP contribution in [0.4, 0.5) is 4.79 Å². The van der Waals surface area contributed by atoms with E-state index in [2.05, 4.69) is 39.3 Å². The summed E-state index contributed by atoms with van der Waals surface area (Å²) in [6.45, 7) is 5.84. The standard InChI is InChI=1S/C21H21ClN6O2S/c1-21(2,3)30-20(29)24-7-6-13-10-26-28(12-13)16-5-4-14(9-23)19(31)18(16)15-8-17(22)27-25-11-15/h4-5,8,10-12,31H,6-7H2,1-3H3,(H,24,29). The van der Waals surface area contributed by atoms with Crippen molar-refractivity contribution in [2.45, 2.75) is 37.7 Å². The summed E-state index contributed by atoms with van der Waals surface area (Å²) in [5.74, 6) is 0. The third kappa shape index (κ3) is 5.75. The van der Waals surface area contributed by atoms with E-state index in [1.54, 1.807) is 35.3 Å². The lowest BCUT2D eigenvalue weighted by Crippen LogP contribution is -2.33. The van der Waals surface area contributed by atoms with Gasteiger partial charge in [-0.1, -0.05) is 11.6 Å². The maximum Gasteiger partial charge on any atom is 0.407 e. The highest BCUT2D eigenvalue weighted by molar-refractivity contribution is 7.80. The molecular formula is C21H21ClN6O2S. The molecule has 1 N–H and O–H groups in total. The summed E-state index contributed by atoms with van der Waals surface area (Å²) in [5.41, 5.74) is 2.83. The van der Waals surface area contributed by atoms with E-state index < -0.39 is 11.7 Å². The number of halogens is 1. The molecular weight excluding hydrogens is 436 g/mol. The Morgan fingerprint density at radius 1 is 1.35 bits per heavy atom. The molecule has 0 aliphatic carbocycles. The maximum absolute atomic E-state index is 11.8. The highest BCUT2D eigenvalue weighted by atomic mass is 35.5. The molecule has 1 aromatic carbocycles. The molecule has 1 amide bonds. The van der Waals surface area contributed by atoms with Gasteiger partial charge >= 0.3 is 6.09 Å². The molecule has 0 aliphatic rings. The smallest absolute Gasteiger partial charge is 0.407 e. The second-order valence-corrected chi connectivity index (χ2v) is 8.54. The molecule has 160 valence electrons. The number of carbonyl (C=O) groups excluding carboxylic acids is 1. The van der Waals surface area contributed by atoms with E-state index in [4.69, 9.17) is 16.3 Å². The summed E-state index contributed by atoms with van der Waals surface area (Å²) in [6, 6.07) is 7.26. The Labute approximate surface area is 190 Å². The Morgan fingerprint density at radius 3 is 2.81 bits per heavy atom. The van der Waals surface area contributed by atoms with E-state index in [0.717, 1.165) is 5.56 Å². The number of nitriles is 1. The van der Waals surface area contributed by atoms with Gasteiger partial charge in [0.05, 0.1) is 23.6 Å². The SMILES string of the molecule is CC(C)(C)OC(=O)NCCc1cnn(-c2ccc(C#N)c(S)c2-c2cnnc(Cl)c2)c1.